The summed E-state index contributed by atoms with van der Waals surface area (Å²) in [5.74, 6) is -3.38. The Labute approximate surface area is 170 Å². The second kappa shape index (κ2) is 7.39. The Balaban J connectivity index is 2.31. The Bertz CT molecular complexity index is 1170. The lowest BCUT2D eigenvalue weighted by Gasteiger charge is -2.16. The van der Waals surface area contributed by atoms with Crippen LogP contribution < -0.4 is 14.6 Å². The molecule has 1 aromatic carbocycles. The Morgan fingerprint density at radius 1 is 1.21 bits per heavy atom. The second-order valence-electron chi connectivity index (χ2n) is 6.34. The number of benzene rings is 1. The van der Waals surface area contributed by atoms with Crippen LogP contribution in [-0.2, 0) is 16.4 Å². The number of hydrogen-bond acceptors (Lipinski definition) is 6. The van der Waals surface area contributed by atoms with E-state index >= 15 is 0 Å². The number of ether oxygens (including phenoxy) is 2. The smallest absolute Gasteiger partial charge is 0.249 e. The first kappa shape index (κ1) is 21.2. The maximum Gasteiger partial charge on any atom is 0.249 e. The highest BCUT2D eigenvalue weighted by Gasteiger charge is 2.29. The highest BCUT2D eigenvalue weighted by molar-refractivity contribution is 7.89. The average Bonchev–Trinajstić information content (AvgIpc) is 2.99. The molecule has 0 fully saturated rings. The van der Waals surface area contributed by atoms with Crippen LogP contribution in [0.25, 0.3) is 16.9 Å². The standard InChI is InChI=1S/C17H17ClF2N4O4S/c1-17(19,20)7-11-14(27-2)22-16(23-15(11)28-3)24-8-13(29(21,25)26)10-5-4-9(18)6-12(10)24/h4-6,8H,7H2,1-3H3,(H2,21,25,26). The fraction of sp³-hybridized carbons (Fsp3) is 0.294. The zero-order chi connectivity index (χ0) is 21.6. The van der Waals surface area contributed by atoms with Gasteiger partial charge in [0.2, 0.25) is 33.7 Å². The number of primary sulfonamides is 1. The quantitative estimate of drug-likeness (QED) is 0.623. The lowest BCUT2D eigenvalue weighted by atomic mass is 10.1. The van der Waals surface area contributed by atoms with Crippen molar-refractivity contribution >= 4 is 32.5 Å². The molecule has 0 bridgehead atoms. The van der Waals surface area contributed by atoms with Crippen molar-refractivity contribution in [3.8, 4) is 17.7 Å². The third-order valence-electron chi connectivity index (χ3n) is 4.05. The van der Waals surface area contributed by atoms with Crippen LogP contribution in [0, 0.1) is 0 Å². The summed E-state index contributed by atoms with van der Waals surface area (Å²) in [7, 11) is -1.54. The zero-order valence-corrected chi connectivity index (χ0v) is 17.2. The minimum absolute atomic E-state index is 0.0209. The minimum atomic E-state index is -4.07. The van der Waals surface area contributed by atoms with Gasteiger partial charge in [0.15, 0.2) is 0 Å². The van der Waals surface area contributed by atoms with Crippen molar-refractivity contribution in [2.24, 2.45) is 5.14 Å². The van der Waals surface area contributed by atoms with Crippen molar-refractivity contribution in [1.82, 2.24) is 14.5 Å². The number of alkyl halides is 2. The van der Waals surface area contributed by atoms with Crippen LogP contribution in [0.1, 0.15) is 12.5 Å². The molecule has 0 spiro atoms. The van der Waals surface area contributed by atoms with Gasteiger partial charge in [0.05, 0.1) is 25.3 Å². The molecule has 0 aliphatic carbocycles. The molecule has 156 valence electrons. The average molecular weight is 447 g/mol. The van der Waals surface area contributed by atoms with E-state index in [-0.39, 0.29) is 28.2 Å². The van der Waals surface area contributed by atoms with Gasteiger partial charge in [0, 0.05) is 23.0 Å². The van der Waals surface area contributed by atoms with Crippen molar-refractivity contribution in [1.29, 1.82) is 0 Å². The molecular formula is C17H17ClF2N4O4S. The Hall–Kier alpha value is -2.50. The molecule has 0 radical (unpaired) electrons. The maximum absolute atomic E-state index is 13.6. The van der Waals surface area contributed by atoms with Crippen molar-refractivity contribution in [3.05, 3.63) is 35.0 Å². The lowest BCUT2D eigenvalue weighted by Crippen LogP contribution is -2.17. The van der Waals surface area contributed by atoms with Gasteiger partial charge in [-0.1, -0.05) is 11.6 Å². The normalized spacial score (nSPS) is 12.4. The molecule has 2 aromatic heterocycles. The second-order valence-corrected chi connectivity index (χ2v) is 8.30. The molecule has 2 N–H and O–H groups in total. The number of aromatic nitrogens is 3. The number of fused-ring (bicyclic) bond motifs is 1. The first-order valence-corrected chi connectivity index (χ1v) is 10.1. The minimum Gasteiger partial charge on any atom is -0.481 e. The summed E-state index contributed by atoms with van der Waals surface area (Å²) in [6, 6.07) is 4.51. The summed E-state index contributed by atoms with van der Waals surface area (Å²) in [6.45, 7) is 0.750. The summed E-state index contributed by atoms with van der Waals surface area (Å²) in [5, 5.41) is 5.94. The number of nitrogens with zero attached hydrogens (tertiary/aromatic N) is 3. The first-order valence-electron chi connectivity index (χ1n) is 8.15. The Kier molecular flexibility index (Phi) is 5.41. The predicted octanol–water partition coefficient (Wildman–Crippen LogP) is 2.94. The summed E-state index contributed by atoms with van der Waals surface area (Å²) >= 11 is 6.05. The number of nitrogens with two attached hydrogens (primary N) is 1. The molecule has 3 aromatic rings. The van der Waals surface area contributed by atoms with Gasteiger partial charge in [-0.2, -0.15) is 9.97 Å². The fourth-order valence-electron chi connectivity index (χ4n) is 2.90. The van der Waals surface area contributed by atoms with Gasteiger partial charge in [0.25, 0.3) is 0 Å². The van der Waals surface area contributed by atoms with Gasteiger partial charge >= 0.3 is 0 Å². The molecule has 0 amide bonds. The highest BCUT2D eigenvalue weighted by atomic mass is 35.5. The third kappa shape index (κ3) is 4.26. The van der Waals surface area contributed by atoms with Gasteiger partial charge in [-0.25, -0.2) is 22.3 Å². The molecule has 3 rings (SSSR count). The number of rotatable bonds is 6. The van der Waals surface area contributed by atoms with E-state index < -0.39 is 22.4 Å². The molecule has 0 saturated carbocycles. The molecular weight excluding hydrogens is 430 g/mol. The van der Waals surface area contributed by atoms with Gasteiger partial charge in [-0.3, -0.25) is 4.57 Å². The number of hydrogen-bond donors (Lipinski definition) is 1. The number of halogens is 3. The molecule has 8 nitrogen and oxygen atoms in total. The van der Waals surface area contributed by atoms with Crippen LogP contribution in [0.5, 0.6) is 11.8 Å². The van der Waals surface area contributed by atoms with E-state index in [1.165, 1.54) is 43.2 Å². The Morgan fingerprint density at radius 2 is 1.79 bits per heavy atom. The molecule has 2 heterocycles. The molecule has 29 heavy (non-hydrogen) atoms. The van der Waals surface area contributed by atoms with Crippen molar-refractivity contribution in [2.45, 2.75) is 24.2 Å². The summed E-state index contributed by atoms with van der Waals surface area (Å²) < 4.78 is 62.8. The van der Waals surface area contributed by atoms with Crippen molar-refractivity contribution in [3.63, 3.8) is 0 Å². The number of methoxy groups -OCH3 is 2. The van der Waals surface area contributed by atoms with Crippen LogP contribution in [0.2, 0.25) is 5.02 Å². The summed E-state index contributed by atoms with van der Waals surface area (Å²) in [5.41, 5.74) is 0.326. The van der Waals surface area contributed by atoms with E-state index in [1.807, 2.05) is 0 Å². The monoisotopic (exact) mass is 446 g/mol. The number of sulfonamides is 1. The van der Waals surface area contributed by atoms with Crippen LogP contribution in [0.15, 0.2) is 29.3 Å². The summed E-state index contributed by atoms with van der Waals surface area (Å²) in [4.78, 5) is 8.16. The molecule has 0 aliphatic rings. The molecule has 0 atom stereocenters. The van der Waals surface area contributed by atoms with Crippen LogP contribution in [0.4, 0.5) is 8.78 Å². The molecule has 0 saturated heterocycles. The summed E-state index contributed by atoms with van der Waals surface area (Å²) in [6.07, 6.45) is 0.513. The highest BCUT2D eigenvalue weighted by Crippen LogP contribution is 2.34. The van der Waals surface area contributed by atoms with Crippen molar-refractivity contribution in [2.75, 3.05) is 14.2 Å². The zero-order valence-electron chi connectivity index (χ0n) is 15.6. The van der Waals surface area contributed by atoms with Gasteiger partial charge < -0.3 is 9.47 Å². The third-order valence-corrected chi connectivity index (χ3v) is 5.22. The predicted molar refractivity (Wildman–Crippen MR) is 103 cm³/mol. The van der Waals surface area contributed by atoms with E-state index in [2.05, 4.69) is 9.97 Å². The maximum atomic E-state index is 13.6. The topological polar surface area (TPSA) is 109 Å². The van der Waals surface area contributed by atoms with Gasteiger partial charge in [-0.15, -0.1) is 0 Å². The van der Waals surface area contributed by atoms with E-state index in [0.717, 1.165) is 6.92 Å². The molecule has 12 heteroatoms. The van der Waals surface area contributed by atoms with Gasteiger partial charge in [0.1, 0.15) is 4.90 Å². The van der Waals surface area contributed by atoms with Gasteiger partial charge in [-0.05, 0) is 25.1 Å². The molecule has 0 aliphatic heterocycles. The SMILES string of the molecule is COc1nc(-n2cc(S(N)(=O)=O)c3ccc(Cl)cc32)nc(OC)c1CC(C)(F)F. The van der Waals surface area contributed by atoms with Crippen molar-refractivity contribution < 1.29 is 26.7 Å². The first-order chi connectivity index (χ1) is 13.4. The van der Waals surface area contributed by atoms with Crippen LogP contribution >= 0.6 is 11.6 Å². The largest absolute Gasteiger partial charge is 0.481 e. The molecule has 0 unspecified atom stereocenters. The van der Waals surface area contributed by atoms with E-state index in [0.29, 0.717) is 15.9 Å². The Morgan fingerprint density at radius 3 is 2.28 bits per heavy atom. The van der Waals surface area contributed by atoms with E-state index in [4.69, 9.17) is 26.2 Å². The van der Waals surface area contributed by atoms with Crippen LogP contribution in [0.3, 0.4) is 0 Å². The fourth-order valence-corrected chi connectivity index (χ4v) is 3.80. The van der Waals surface area contributed by atoms with E-state index in [9.17, 15) is 17.2 Å². The van der Waals surface area contributed by atoms with Crippen LogP contribution in [-0.4, -0.2) is 43.1 Å². The lowest BCUT2D eigenvalue weighted by molar-refractivity contribution is 0.0211. The van der Waals surface area contributed by atoms with E-state index in [1.54, 1.807) is 0 Å².